The number of rotatable bonds is 4. The van der Waals surface area contributed by atoms with Gasteiger partial charge in [0.25, 0.3) is 0 Å². The summed E-state index contributed by atoms with van der Waals surface area (Å²) in [6.45, 7) is 4.16. The van der Waals surface area contributed by atoms with Gasteiger partial charge in [0, 0.05) is 6.54 Å². The average molecular weight is 323 g/mol. The van der Waals surface area contributed by atoms with Crippen LogP contribution < -0.4 is 0 Å². The fourth-order valence-electron chi connectivity index (χ4n) is 3.39. The summed E-state index contributed by atoms with van der Waals surface area (Å²) >= 11 is 0. The molecular weight excluding hydrogens is 302 g/mol. The number of β-lactam (4-membered cyclic amide) rings is 1. The van der Waals surface area contributed by atoms with Crippen LogP contribution in [-0.2, 0) is 20.9 Å². The first-order valence-corrected chi connectivity index (χ1v) is 7.98. The van der Waals surface area contributed by atoms with Gasteiger partial charge in [0.05, 0.1) is 13.2 Å². The zero-order chi connectivity index (χ0) is 17.3. The lowest BCUT2D eigenvalue weighted by Gasteiger charge is -2.52. The molecule has 2 atom stereocenters. The zero-order valence-corrected chi connectivity index (χ0v) is 14.2. The van der Waals surface area contributed by atoms with Gasteiger partial charge in [-0.1, -0.05) is 60.2 Å². The smallest absolute Gasteiger partial charge is 0.323 e. The van der Waals surface area contributed by atoms with E-state index in [0.717, 1.165) is 16.7 Å². The summed E-state index contributed by atoms with van der Waals surface area (Å²) in [5.41, 5.74) is 1.95. The van der Waals surface area contributed by atoms with E-state index in [0.29, 0.717) is 6.54 Å². The Kier molecular flexibility index (Phi) is 4.14. The van der Waals surface area contributed by atoms with Crippen LogP contribution in [0.5, 0.6) is 0 Å². The number of carbonyl (C=O) groups is 2. The maximum atomic E-state index is 12.8. The Bertz CT molecular complexity index is 754. The summed E-state index contributed by atoms with van der Waals surface area (Å²) in [4.78, 5) is 26.8. The van der Waals surface area contributed by atoms with Crippen molar-refractivity contribution >= 4 is 11.9 Å². The van der Waals surface area contributed by atoms with Gasteiger partial charge in [0.2, 0.25) is 5.91 Å². The predicted molar refractivity (Wildman–Crippen MR) is 91.0 cm³/mol. The number of likely N-dealkylation sites (tertiary alicyclic amines) is 1. The molecule has 0 spiro atoms. The molecular formula is C20H21NO3. The van der Waals surface area contributed by atoms with Gasteiger partial charge in [-0.25, -0.2) is 0 Å². The quantitative estimate of drug-likeness (QED) is 0.493. The van der Waals surface area contributed by atoms with Crippen LogP contribution in [0.25, 0.3) is 0 Å². The molecule has 0 unspecified atom stereocenters. The number of amides is 1. The number of ether oxygens (including phenoxy) is 1. The maximum Gasteiger partial charge on any atom is 0.323 e. The molecule has 0 bridgehead atoms. The van der Waals surface area contributed by atoms with Crippen molar-refractivity contribution < 1.29 is 14.3 Å². The second-order valence-corrected chi connectivity index (χ2v) is 6.43. The van der Waals surface area contributed by atoms with E-state index in [1.165, 1.54) is 7.11 Å². The molecule has 2 aromatic rings. The number of aryl methyl sites for hydroxylation is 1. The molecule has 1 amide bonds. The molecule has 1 aliphatic heterocycles. The Morgan fingerprint density at radius 1 is 1.12 bits per heavy atom. The van der Waals surface area contributed by atoms with Crippen molar-refractivity contribution in [2.45, 2.75) is 26.4 Å². The lowest BCUT2D eigenvalue weighted by atomic mass is 9.68. The molecule has 1 aliphatic rings. The van der Waals surface area contributed by atoms with Gasteiger partial charge in [0.15, 0.2) is 5.41 Å². The monoisotopic (exact) mass is 323 g/mol. The van der Waals surface area contributed by atoms with Crippen LogP contribution in [0.2, 0.25) is 0 Å². The number of carbonyl (C=O) groups excluding carboxylic acids is 2. The van der Waals surface area contributed by atoms with Gasteiger partial charge in [-0.15, -0.1) is 0 Å². The standard InChI is InChI=1S/C20H21NO3/c1-14-9-11-16(12-10-14)17-20(2,19(23)24-3)18(22)21(17)13-15-7-5-4-6-8-15/h4-12,17H,13H2,1-3H3/t17-,20+/m0/s1. The summed E-state index contributed by atoms with van der Waals surface area (Å²) in [6.07, 6.45) is 0. The predicted octanol–water partition coefficient (Wildman–Crippen LogP) is 3.26. The Hall–Kier alpha value is -2.62. The largest absolute Gasteiger partial charge is 0.468 e. The number of hydrogen-bond donors (Lipinski definition) is 0. The molecule has 4 heteroatoms. The highest BCUT2D eigenvalue weighted by Gasteiger charge is 2.63. The van der Waals surface area contributed by atoms with E-state index in [1.54, 1.807) is 11.8 Å². The Balaban J connectivity index is 1.97. The van der Waals surface area contributed by atoms with Crippen molar-refractivity contribution in [3.63, 3.8) is 0 Å². The van der Waals surface area contributed by atoms with E-state index in [9.17, 15) is 9.59 Å². The molecule has 0 aromatic heterocycles. The maximum absolute atomic E-state index is 12.8. The first-order valence-electron chi connectivity index (χ1n) is 7.98. The van der Waals surface area contributed by atoms with Crippen LogP contribution in [-0.4, -0.2) is 23.9 Å². The van der Waals surface area contributed by atoms with Crippen LogP contribution in [0.3, 0.4) is 0 Å². The minimum absolute atomic E-state index is 0.191. The van der Waals surface area contributed by atoms with Crippen molar-refractivity contribution in [2.75, 3.05) is 7.11 Å². The summed E-state index contributed by atoms with van der Waals surface area (Å²) in [5, 5.41) is 0. The van der Waals surface area contributed by atoms with Gasteiger partial charge in [-0.2, -0.15) is 0 Å². The van der Waals surface area contributed by atoms with Gasteiger partial charge < -0.3 is 9.64 Å². The summed E-state index contributed by atoms with van der Waals surface area (Å²) < 4.78 is 4.92. The van der Waals surface area contributed by atoms with Crippen LogP contribution in [0.4, 0.5) is 0 Å². The van der Waals surface area contributed by atoms with Gasteiger partial charge in [0.1, 0.15) is 0 Å². The van der Waals surface area contributed by atoms with Gasteiger partial charge in [-0.3, -0.25) is 9.59 Å². The SMILES string of the molecule is COC(=O)[C@@]1(C)C(=O)N(Cc2ccccc2)[C@H]1c1ccc(C)cc1. The van der Waals surface area contributed by atoms with Gasteiger partial charge in [-0.05, 0) is 25.0 Å². The van der Waals surface area contributed by atoms with Crippen molar-refractivity contribution in [2.24, 2.45) is 5.41 Å². The average Bonchev–Trinajstić information content (AvgIpc) is 2.62. The van der Waals surface area contributed by atoms with Crippen LogP contribution in [0.1, 0.15) is 29.7 Å². The van der Waals surface area contributed by atoms with Crippen molar-refractivity contribution in [3.8, 4) is 0 Å². The highest BCUT2D eigenvalue weighted by molar-refractivity contribution is 6.08. The lowest BCUT2D eigenvalue weighted by Crippen LogP contribution is -2.65. The molecule has 1 fully saturated rings. The van der Waals surface area contributed by atoms with Crippen molar-refractivity contribution in [1.29, 1.82) is 0 Å². The molecule has 0 saturated carbocycles. The second-order valence-electron chi connectivity index (χ2n) is 6.43. The van der Waals surface area contributed by atoms with Crippen molar-refractivity contribution in [3.05, 3.63) is 71.3 Å². The highest BCUT2D eigenvalue weighted by atomic mass is 16.5. The van der Waals surface area contributed by atoms with Crippen LogP contribution in [0.15, 0.2) is 54.6 Å². The minimum Gasteiger partial charge on any atom is -0.468 e. The summed E-state index contributed by atoms with van der Waals surface area (Å²) in [6, 6.07) is 17.4. The van der Waals surface area contributed by atoms with E-state index in [2.05, 4.69) is 0 Å². The molecule has 1 saturated heterocycles. The molecule has 3 rings (SSSR count). The third-order valence-corrected chi connectivity index (χ3v) is 4.76. The first-order chi connectivity index (χ1) is 11.5. The molecule has 4 nitrogen and oxygen atoms in total. The number of esters is 1. The molecule has 0 N–H and O–H groups in total. The van der Waals surface area contributed by atoms with Gasteiger partial charge >= 0.3 is 5.97 Å². The second kappa shape index (κ2) is 6.11. The van der Waals surface area contributed by atoms with E-state index in [1.807, 2.05) is 61.5 Å². The third-order valence-electron chi connectivity index (χ3n) is 4.76. The number of benzene rings is 2. The fourth-order valence-corrected chi connectivity index (χ4v) is 3.39. The van der Waals surface area contributed by atoms with E-state index in [-0.39, 0.29) is 11.9 Å². The normalized spacial score (nSPS) is 22.9. The number of methoxy groups -OCH3 is 1. The highest BCUT2D eigenvalue weighted by Crippen LogP contribution is 2.51. The van der Waals surface area contributed by atoms with E-state index in [4.69, 9.17) is 4.74 Å². The molecule has 0 aliphatic carbocycles. The summed E-state index contributed by atoms with van der Waals surface area (Å²) in [7, 11) is 1.33. The van der Waals surface area contributed by atoms with E-state index < -0.39 is 11.4 Å². The molecule has 0 radical (unpaired) electrons. The summed E-state index contributed by atoms with van der Waals surface area (Å²) in [5.74, 6) is -0.675. The third kappa shape index (κ3) is 2.48. The lowest BCUT2D eigenvalue weighted by molar-refractivity contribution is -0.188. The Labute approximate surface area is 142 Å². The number of nitrogens with zero attached hydrogens (tertiary/aromatic N) is 1. The molecule has 124 valence electrons. The molecule has 2 aromatic carbocycles. The number of hydrogen-bond acceptors (Lipinski definition) is 3. The Morgan fingerprint density at radius 3 is 2.33 bits per heavy atom. The molecule has 1 heterocycles. The molecule has 24 heavy (non-hydrogen) atoms. The van der Waals surface area contributed by atoms with Crippen LogP contribution in [0, 0.1) is 12.3 Å². The Morgan fingerprint density at radius 2 is 1.75 bits per heavy atom. The fraction of sp³-hybridized carbons (Fsp3) is 0.300. The van der Waals surface area contributed by atoms with Crippen LogP contribution >= 0.6 is 0 Å². The topological polar surface area (TPSA) is 46.6 Å². The van der Waals surface area contributed by atoms with E-state index >= 15 is 0 Å². The zero-order valence-electron chi connectivity index (χ0n) is 14.2. The van der Waals surface area contributed by atoms with Crippen molar-refractivity contribution in [1.82, 2.24) is 4.90 Å². The minimum atomic E-state index is -1.17. The first kappa shape index (κ1) is 16.2.